The Labute approximate surface area is 244 Å². The molecule has 6 heterocycles. The van der Waals surface area contributed by atoms with Gasteiger partial charge in [0.05, 0.1) is 5.54 Å². The van der Waals surface area contributed by atoms with Gasteiger partial charge in [-0.15, -0.1) is 10.2 Å². The molecule has 4 fully saturated rings. The predicted molar refractivity (Wildman–Crippen MR) is 159 cm³/mol. The van der Waals surface area contributed by atoms with Crippen LogP contribution in [0.4, 0.5) is 10.2 Å². The highest BCUT2D eigenvalue weighted by atomic mass is 19.1. The summed E-state index contributed by atoms with van der Waals surface area (Å²) in [7, 11) is 0. The lowest BCUT2D eigenvalue weighted by atomic mass is 9.95. The van der Waals surface area contributed by atoms with Crippen molar-refractivity contribution in [1.82, 2.24) is 30.4 Å². The normalized spacial score (nSPS) is 23.2. The SMILES string of the molecule is CCc1cccc2cc(O)cc(-c3nnc4c(N5CC6CCC(C5)N6)nc(OCC56CCCN5CCC6)nc4c3F)c12. The maximum atomic E-state index is 16.7. The number of hydrogen-bond acceptors (Lipinski definition) is 9. The fraction of sp³-hybridized carbons (Fsp3) is 0.500. The van der Waals surface area contributed by atoms with Crippen LogP contribution in [0.1, 0.15) is 51.0 Å². The third-order valence-corrected chi connectivity index (χ3v) is 9.99. The van der Waals surface area contributed by atoms with Crippen LogP contribution in [-0.4, -0.2) is 80.6 Å². The number of piperazine rings is 1. The monoisotopic (exact) mass is 569 g/mol. The summed E-state index contributed by atoms with van der Waals surface area (Å²) in [4.78, 5) is 14.2. The van der Waals surface area contributed by atoms with Gasteiger partial charge in [0.1, 0.15) is 23.6 Å². The van der Waals surface area contributed by atoms with Crippen LogP contribution in [0.2, 0.25) is 0 Å². The molecule has 2 bridgehead atoms. The van der Waals surface area contributed by atoms with Crippen molar-refractivity contribution in [2.24, 2.45) is 0 Å². The maximum absolute atomic E-state index is 16.7. The standard InChI is InChI=1S/C32H36FN7O2/c1-2-19-6-3-7-20-14-23(41)15-24(25(19)20)27-26(33)28-29(38-37-27)30(39-16-21-8-9-22(17-39)34-21)36-31(35-28)42-18-32-10-4-12-40(32)13-5-11-32/h3,6-7,14-15,21-22,34,41H,2,4-5,8-13,16-18H2,1H3. The molecule has 42 heavy (non-hydrogen) atoms. The molecule has 4 aromatic rings. The Hall–Kier alpha value is -3.63. The number of halogens is 1. The Balaban J connectivity index is 1.27. The lowest BCUT2D eigenvalue weighted by molar-refractivity contribution is 0.108. The smallest absolute Gasteiger partial charge is 0.319 e. The molecule has 8 rings (SSSR count). The van der Waals surface area contributed by atoms with Gasteiger partial charge in [0.2, 0.25) is 0 Å². The summed E-state index contributed by atoms with van der Waals surface area (Å²) in [5, 5.41) is 24.9. The lowest BCUT2D eigenvalue weighted by Crippen LogP contribution is -2.51. The minimum atomic E-state index is -0.578. The number of aromatic nitrogens is 4. The van der Waals surface area contributed by atoms with Gasteiger partial charge < -0.3 is 20.1 Å². The van der Waals surface area contributed by atoms with E-state index in [4.69, 9.17) is 9.72 Å². The van der Waals surface area contributed by atoms with Gasteiger partial charge in [0, 0.05) is 30.7 Å². The minimum absolute atomic E-state index is 0.0177. The molecule has 10 heteroatoms. The molecule has 0 aliphatic carbocycles. The first-order valence-corrected chi connectivity index (χ1v) is 15.4. The maximum Gasteiger partial charge on any atom is 0.319 e. The second-order valence-corrected chi connectivity index (χ2v) is 12.5. The van der Waals surface area contributed by atoms with Crippen molar-refractivity contribution in [3.05, 3.63) is 41.7 Å². The van der Waals surface area contributed by atoms with Gasteiger partial charge in [-0.3, -0.25) is 4.90 Å². The zero-order valence-corrected chi connectivity index (χ0v) is 23.9. The second kappa shape index (κ2) is 9.98. The van der Waals surface area contributed by atoms with Crippen molar-refractivity contribution in [2.45, 2.75) is 69.5 Å². The molecule has 0 radical (unpaired) electrons. The highest BCUT2D eigenvalue weighted by Crippen LogP contribution is 2.40. The fourth-order valence-corrected chi connectivity index (χ4v) is 7.98. The number of aryl methyl sites for hydroxylation is 1. The number of aromatic hydroxyl groups is 1. The lowest BCUT2D eigenvalue weighted by Gasteiger charge is -2.34. The zero-order chi connectivity index (χ0) is 28.4. The topological polar surface area (TPSA) is 99.5 Å². The van der Waals surface area contributed by atoms with Crippen LogP contribution in [0, 0.1) is 5.82 Å². The Bertz CT molecular complexity index is 1680. The molecule has 4 saturated heterocycles. The summed E-state index contributed by atoms with van der Waals surface area (Å²) in [6.45, 7) is 6.29. The van der Waals surface area contributed by atoms with E-state index in [0.717, 1.165) is 74.6 Å². The molecule has 2 atom stereocenters. The number of hydrogen-bond donors (Lipinski definition) is 2. The van der Waals surface area contributed by atoms with Gasteiger partial charge in [0.25, 0.3) is 0 Å². The van der Waals surface area contributed by atoms with Crippen molar-refractivity contribution in [3.63, 3.8) is 0 Å². The molecule has 0 amide bonds. The van der Waals surface area contributed by atoms with Crippen LogP contribution < -0.4 is 15.0 Å². The van der Waals surface area contributed by atoms with E-state index in [2.05, 4.69) is 37.2 Å². The van der Waals surface area contributed by atoms with Gasteiger partial charge in [0.15, 0.2) is 17.2 Å². The van der Waals surface area contributed by atoms with Crippen molar-refractivity contribution >= 4 is 27.6 Å². The summed E-state index contributed by atoms with van der Waals surface area (Å²) in [6.07, 6.45) is 7.52. The van der Waals surface area contributed by atoms with Gasteiger partial charge in [-0.25, -0.2) is 4.39 Å². The Kier molecular flexibility index (Phi) is 6.19. The first kappa shape index (κ1) is 26.0. The van der Waals surface area contributed by atoms with E-state index in [-0.39, 0.29) is 28.5 Å². The predicted octanol–water partition coefficient (Wildman–Crippen LogP) is 4.59. The Morgan fingerprint density at radius 3 is 2.60 bits per heavy atom. The average molecular weight is 570 g/mol. The van der Waals surface area contributed by atoms with E-state index in [9.17, 15) is 5.11 Å². The van der Waals surface area contributed by atoms with E-state index in [1.807, 2.05) is 18.2 Å². The van der Waals surface area contributed by atoms with Crippen molar-refractivity contribution in [2.75, 3.05) is 37.7 Å². The molecular weight excluding hydrogens is 533 g/mol. The molecule has 2 unspecified atom stereocenters. The van der Waals surface area contributed by atoms with E-state index < -0.39 is 5.82 Å². The third-order valence-electron chi connectivity index (χ3n) is 9.99. The van der Waals surface area contributed by atoms with E-state index >= 15 is 4.39 Å². The molecule has 2 aromatic carbocycles. The summed E-state index contributed by atoms with van der Waals surface area (Å²) < 4.78 is 23.1. The molecule has 9 nitrogen and oxygen atoms in total. The quantitative estimate of drug-likeness (QED) is 0.345. The molecule has 0 spiro atoms. The molecule has 218 valence electrons. The van der Waals surface area contributed by atoms with Gasteiger partial charge in [-0.05, 0) is 86.5 Å². The Morgan fingerprint density at radius 2 is 1.83 bits per heavy atom. The fourth-order valence-electron chi connectivity index (χ4n) is 7.98. The number of nitrogens with zero attached hydrogens (tertiary/aromatic N) is 6. The third kappa shape index (κ3) is 4.18. The van der Waals surface area contributed by atoms with E-state index in [1.54, 1.807) is 12.1 Å². The molecular formula is C32H36FN7O2. The number of ether oxygens (including phenoxy) is 1. The zero-order valence-electron chi connectivity index (χ0n) is 23.9. The van der Waals surface area contributed by atoms with Crippen LogP contribution in [0.25, 0.3) is 33.1 Å². The highest BCUT2D eigenvalue weighted by Gasteiger charge is 2.45. The number of phenols is 1. The van der Waals surface area contributed by atoms with Crippen LogP contribution >= 0.6 is 0 Å². The number of anilines is 1. The number of phenolic OH excluding ortho intramolecular Hbond substituents is 1. The average Bonchev–Trinajstić information content (AvgIpc) is 3.68. The number of benzene rings is 2. The van der Waals surface area contributed by atoms with Crippen molar-refractivity contribution in [3.8, 4) is 23.0 Å². The highest BCUT2D eigenvalue weighted by molar-refractivity contribution is 6.01. The molecule has 4 aliphatic rings. The van der Waals surface area contributed by atoms with Gasteiger partial charge in [-0.1, -0.05) is 25.1 Å². The van der Waals surface area contributed by atoms with E-state index in [1.165, 1.54) is 12.8 Å². The summed E-state index contributed by atoms with van der Waals surface area (Å²) in [5.41, 5.74) is 2.07. The minimum Gasteiger partial charge on any atom is -0.508 e. The van der Waals surface area contributed by atoms with Crippen LogP contribution in [0.3, 0.4) is 0 Å². The first-order chi connectivity index (χ1) is 20.5. The molecule has 2 N–H and O–H groups in total. The summed E-state index contributed by atoms with van der Waals surface area (Å²) >= 11 is 0. The first-order valence-electron chi connectivity index (χ1n) is 15.4. The molecule has 0 saturated carbocycles. The van der Waals surface area contributed by atoms with Gasteiger partial charge in [-0.2, -0.15) is 9.97 Å². The molecule has 2 aromatic heterocycles. The number of fused-ring (bicyclic) bond motifs is 5. The van der Waals surface area contributed by atoms with Crippen LogP contribution in [0.5, 0.6) is 11.8 Å². The van der Waals surface area contributed by atoms with Crippen LogP contribution in [-0.2, 0) is 6.42 Å². The van der Waals surface area contributed by atoms with E-state index in [0.29, 0.717) is 35.6 Å². The second-order valence-electron chi connectivity index (χ2n) is 12.5. The number of rotatable bonds is 6. The van der Waals surface area contributed by atoms with Crippen LogP contribution in [0.15, 0.2) is 30.3 Å². The summed E-state index contributed by atoms with van der Waals surface area (Å²) in [6, 6.07) is 10.1. The number of nitrogens with one attached hydrogen (secondary N) is 1. The largest absolute Gasteiger partial charge is 0.508 e. The van der Waals surface area contributed by atoms with Crippen molar-refractivity contribution < 1.29 is 14.2 Å². The summed E-state index contributed by atoms with van der Waals surface area (Å²) in [5.74, 6) is 0.0483. The Morgan fingerprint density at radius 1 is 1.05 bits per heavy atom. The van der Waals surface area contributed by atoms with Gasteiger partial charge >= 0.3 is 6.01 Å². The molecule has 4 aliphatic heterocycles. The van der Waals surface area contributed by atoms with Crippen molar-refractivity contribution in [1.29, 1.82) is 0 Å².